The summed E-state index contributed by atoms with van der Waals surface area (Å²) in [5.41, 5.74) is 0.506. The Kier molecular flexibility index (Phi) is 3.08. The number of ether oxygens (including phenoxy) is 1. The van der Waals surface area contributed by atoms with Crippen molar-refractivity contribution in [3.8, 4) is 0 Å². The number of rotatable bonds is 2. The van der Waals surface area contributed by atoms with E-state index in [9.17, 15) is 4.79 Å². The molecule has 0 saturated carbocycles. The molecule has 6 heteroatoms. The Morgan fingerprint density at radius 2 is 1.80 bits per heavy atom. The first-order valence-electron chi connectivity index (χ1n) is 6.97. The maximum atomic E-state index is 12.2. The van der Waals surface area contributed by atoms with Crippen molar-refractivity contribution >= 4 is 12.6 Å². The van der Waals surface area contributed by atoms with Gasteiger partial charge in [0.05, 0.1) is 29.9 Å². The molecule has 1 N–H and O–H groups in total. The third kappa shape index (κ3) is 2.03. The topological polar surface area (TPSA) is 60.5 Å². The Bertz CT molecular complexity index is 561. The van der Waals surface area contributed by atoms with E-state index in [1.54, 1.807) is 6.20 Å². The van der Waals surface area contributed by atoms with Crippen LogP contribution in [0.25, 0.3) is 0 Å². The van der Waals surface area contributed by atoms with Crippen molar-refractivity contribution in [3.05, 3.63) is 28.2 Å². The Hall–Kier alpha value is -1.11. The highest BCUT2D eigenvalue weighted by Crippen LogP contribution is 2.37. The number of hydrogen-bond acceptors (Lipinski definition) is 4. The van der Waals surface area contributed by atoms with Crippen LogP contribution < -0.4 is 11.0 Å². The van der Waals surface area contributed by atoms with Crippen molar-refractivity contribution in [1.82, 2.24) is 4.98 Å². The lowest BCUT2D eigenvalue weighted by atomic mass is 9.73. The lowest BCUT2D eigenvalue weighted by Gasteiger charge is -2.32. The standard InChI is InChI=1S/C14H20BNO4/c1-13(2)14(3,4)20-15(19-13)11-10(9-7-18-8-9)5-6-16-12(11)17/h5-6,9H,7-8H2,1-4H3,(H,16,17). The summed E-state index contributed by atoms with van der Waals surface area (Å²) in [6, 6.07) is 1.93. The highest BCUT2D eigenvalue weighted by Gasteiger charge is 2.53. The average Bonchev–Trinajstić information content (AvgIpc) is 2.45. The van der Waals surface area contributed by atoms with Crippen molar-refractivity contribution in [2.24, 2.45) is 0 Å². The SMILES string of the molecule is CC1(C)OB(c2c(C3COC3)cc[nH]c2=O)OC1(C)C. The van der Waals surface area contributed by atoms with Crippen LogP contribution in [0.2, 0.25) is 0 Å². The number of nitrogens with one attached hydrogen (secondary N) is 1. The van der Waals surface area contributed by atoms with Crippen LogP contribution >= 0.6 is 0 Å². The fourth-order valence-corrected chi connectivity index (χ4v) is 2.48. The van der Waals surface area contributed by atoms with Gasteiger partial charge in [-0.2, -0.15) is 0 Å². The molecule has 0 bridgehead atoms. The zero-order chi connectivity index (χ0) is 14.5. The zero-order valence-corrected chi connectivity index (χ0v) is 12.4. The summed E-state index contributed by atoms with van der Waals surface area (Å²) in [5.74, 6) is 0.256. The van der Waals surface area contributed by atoms with Crippen LogP contribution in [-0.4, -0.2) is 36.5 Å². The molecule has 1 aromatic heterocycles. The van der Waals surface area contributed by atoms with Crippen LogP contribution in [0.3, 0.4) is 0 Å². The quantitative estimate of drug-likeness (QED) is 0.812. The van der Waals surface area contributed by atoms with Gasteiger partial charge in [0.2, 0.25) is 5.56 Å². The summed E-state index contributed by atoms with van der Waals surface area (Å²) < 4.78 is 17.2. The van der Waals surface area contributed by atoms with Crippen molar-refractivity contribution in [1.29, 1.82) is 0 Å². The molecule has 2 aliphatic rings. The largest absolute Gasteiger partial charge is 0.500 e. The Morgan fingerprint density at radius 3 is 2.30 bits per heavy atom. The molecule has 5 nitrogen and oxygen atoms in total. The highest BCUT2D eigenvalue weighted by molar-refractivity contribution is 6.62. The van der Waals surface area contributed by atoms with Crippen LogP contribution in [0.1, 0.15) is 39.2 Å². The summed E-state index contributed by atoms with van der Waals surface area (Å²) in [6.45, 7) is 9.23. The van der Waals surface area contributed by atoms with Gasteiger partial charge in [-0.05, 0) is 39.3 Å². The molecule has 2 fully saturated rings. The molecular formula is C14H20BNO4. The highest BCUT2D eigenvalue weighted by atomic mass is 16.7. The maximum Gasteiger partial charge on any atom is 0.500 e. The van der Waals surface area contributed by atoms with Gasteiger partial charge < -0.3 is 19.0 Å². The van der Waals surface area contributed by atoms with Gasteiger partial charge in [0, 0.05) is 12.1 Å². The normalized spacial score (nSPS) is 24.7. The summed E-state index contributed by atoms with van der Waals surface area (Å²) in [4.78, 5) is 15.0. The third-order valence-electron chi connectivity index (χ3n) is 4.60. The van der Waals surface area contributed by atoms with Crippen LogP contribution in [0.4, 0.5) is 0 Å². The van der Waals surface area contributed by atoms with E-state index < -0.39 is 18.3 Å². The third-order valence-corrected chi connectivity index (χ3v) is 4.60. The fraction of sp³-hybridized carbons (Fsp3) is 0.643. The predicted molar refractivity (Wildman–Crippen MR) is 76.3 cm³/mol. The maximum absolute atomic E-state index is 12.2. The molecule has 2 saturated heterocycles. The van der Waals surface area contributed by atoms with Crippen LogP contribution in [0, 0.1) is 0 Å². The molecule has 0 amide bonds. The molecule has 0 atom stereocenters. The van der Waals surface area contributed by atoms with Crippen LogP contribution in [0.15, 0.2) is 17.1 Å². The minimum atomic E-state index is -0.624. The number of H-pyrrole nitrogens is 1. The van der Waals surface area contributed by atoms with E-state index in [1.807, 2.05) is 33.8 Å². The number of aromatic nitrogens is 1. The van der Waals surface area contributed by atoms with Crippen molar-refractivity contribution in [2.75, 3.05) is 13.2 Å². The minimum absolute atomic E-state index is 0.145. The van der Waals surface area contributed by atoms with Gasteiger partial charge in [-0.15, -0.1) is 0 Å². The van der Waals surface area contributed by atoms with Crippen LogP contribution in [0.5, 0.6) is 0 Å². The summed E-state index contributed by atoms with van der Waals surface area (Å²) in [5, 5.41) is 0. The fourth-order valence-electron chi connectivity index (χ4n) is 2.48. The molecule has 0 aliphatic carbocycles. The minimum Gasteiger partial charge on any atom is -0.399 e. The van der Waals surface area contributed by atoms with Crippen molar-refractivity contribution in [2.45, 2.75) is 44.8 Å². The average molecular weight is 277 g/mol. The lowest BCUT2D eigenvalue weighted by Crippen LogP contribution is -2.49. The molecule has 0 unspecified atom stereocenters. The Labute approximate surface area is 118 Å². The second-order valence-corrected chi connectivity index (χ2v) is 6.50. The molecule has 1 aromatic rings. The molecule has 3 heterocycles. The Balaban J connectivity index is 2.01. The molecule has 0 spiro atoms. The number of aromatic amines is 1. The predicted octanol–water partition coefficient (Wildman–Crippen LogP) is 0.788. The molecule has 20 heavy (non-hydrogen) atoms. The van der Waals surface area contributed by atoms with E-state index in [0.717, 1.165) is 5.56 Å². The van der Waals surface area contributed by atoms with E-state index in [4.69, 9.17) is 14.0 Å². The smallest absolute Gasteiger partial charge is 0.399 e. The first kappa shape index (κ1) is 13.9. The van der Waals surface area contributed by atoms with Gasteiger partial charge in [-0.25, -0.2) is 0 Å². The van der Waals surface area contributed by atoms with Gasteiger partial charge in [-0.3, -0.25) is 4.79 Å². The van der Waals surface area contributed by atoms with Gasteiger partial charge in [0.25, 0.3) is 0 Å². The van der Waals surface area contributed by atoms with Crippen LogP contribution in [-0.2, 0) is 14.0 Å². The van der Waals surface area contributed by atoms with Gasteiger partial charge in [0.15, 0.2) is 0 Å². The summed E-state index contributed by atoms with van der Waals surface area (Å²) >= 11 is 0. The molecule has 2 aliphatic heterocycles. The van der Waals surface area contributed by atoms with E-state index >= 15 is 0 Å². The summed E-state index contributed by atoms with van der Waals surface area (Å²) in [6.07, 6.45) is 1.67. The second kappa shape index (κ2) is 4.45. The van der Waals surface area contributed by atoms with E-state index in [1.165, 1.54) is 0 Å². The molecular weight excluding hydrogens is 257 g/mol. The molecule has 0 radical (unpaired) electrons. The first-order valence-corrected chi connectivity index (χ1v) is 6.97. The van der Waals surface area contributed by atoms with Crippen molar-refractivity contribution in [3.63, 3.8) is 0 Å². The van der Waals surface area contributed by atoms with Gasteiger partial charge in [-0.1, -0.05) is 0 Å². The Morgan fingerprint density at radius 1 is 1.20 bits per heavy atom. The van der Waals surface area contributed by atoms with Crippen molar-refractivity contribution < 1.29 is 14.0 Å². The summed E-state index contributed by atoms with van der Waals surface area (Å²) in [7, 11) is -0.624. The molecule has 108 valence electrons. The van der Waals surface area contributed by atoms with E-state index in [2.05, 4.69) is 4.98 Å². The number of pyridine rings is 1. The second-order valence-electron chi connectivity index (χ2n) is 6.50. The number of hydrogen-bond donors (Lipinski definition) is 1. The van der Waals surface area contributed by atoms with E-state index in [0.29, 0.717) is 18.7 Å². The van der Waals surface area contributed by atoms with E-state index in [-0.39, 0.29) is 11.5 Å². The molecule has 0 aromatic carbocycles. The van der Waals surface area contributed by atoms with Gasteiger partial charge in [0.1, 0.15) is 0 Å². The monoisotopic (exact) mass is 277 g/mol. The van der Waals surface area contributed by atoms with Gasteiger partial charge >= 0.3 is 7.12 Å². The zero-order valence-electron chi connectivity index (χ0n) is 12.4. The lowest BCUT2D eigenvalue weighted by molar-refractivity contribution is 0.00578. The molecule has 3 rings (SSSR count). The first-order chi connectivity index (χ1) is 9.32.